The molecule has 0 saturated heterocycles. The van der Waals surface area contributed by atoms with Gasteiger partial charge in [0.15, 0.2) is 5.96 Å². The predicted octanol–water partition coefficient (Wildman–Crippen LogP) is 2.94. The molecule has 0 fully saturated rings. The van der Waals surface area contributed by atoms with Gasteiger partial charge in [-0.3, -0.25) is 9.79 Å². The minimum absolute atomic E-state index is 0.0685. The van der Waals surface area contributed by atoms with Gasteiger partial charge in [-0.15, -0.1) is 0 Å². The Kier molecular flexibility index (Phi) is 7.50. The van der Waals surface area contributed by atoms with Gasteiger partial charge in [-0.1, -0.05) is 42.5 Å². The molecule has 5 nitrogen and oxygen atoms in total. The van der Waals surface area contributed by atoms with Gasteiger partial charge in [0, 0.05) is 32.7 Å². The van der Waals surface area contributed by atoms with Crippen molar-refractivity contribution in [2.24, 2.45) is 4.99 Å². The van der Waals surface area contributed by atoms with Crippen LogP contribution >= 0.6 is 0 Å². The zero-order valence-electron chi connectivity index (χ0n) is 14.9. The van der Waals surface area contributed by atoms with Crippen molar-refractivity contribution in [3.05, 3.63) is 65.7 Å². The molecule has 0 unspecified atom stereocenters. The molecular weight excluding hydrogens is 312 g/mol. The summed E-state index contributed by atoms with van der Waals surface area (Å²) < 4.78 is 0. The largest absolute Gasteiger partial charge is 0.356 e. The van der Waals surface area contributed by atoms with Gasteiger partial charge in [0.1, 0.15) is 0 Å². The fourth-order valence-corrected chi connectivity index (χ4v) is 2.51. The second kappa shape index (κ2) is 10.1. The van der Waals surface area contributed by atoms with Gasteiger partial charge >= 0.3 is 0 Å². The van der Waals surface area contributed by atoms with E-state index in [-0.39, 0.29) is 5.91 Å². The van der Waals surface area contributed by atoms with Crippen LogP contribution < -0.4 is 16.0 Å². The van der Waals surface area contributed by atoms with Crippen LogP contribution in [0.5, 0.6) is 0 Å². The van der Waals surface area contributed by atoms with Crippen molar-refractivity contribution in [1.29, 1.82) is 0 Å². The second-order valence-corrected chi connectivity index (χ2v) is 5.82. The number of hydrogen-bond acceptors (Lipinski definition) is 2. The number of aliphatic imine (C=N–C) groups is 1. The summed E-state index contributed by atoms with van der Waals surface area (Å²) in [5, 5.41) is 9.41. The molecule has 0 radical (unpaired) electrons. The Morgan fingerprint density at radius 3 is 2.48 bits per heavy atom. The first-order valence-corrected chi connectivity index (χ1v) is 8.52. The molecule has 0 aromatic heterocycles. The maximum atomic E-state index is 11.1. The number of hydrogen-bond donors (Lipinski definition) is 3. The van der Waals surface area contributed by atoms with Crippen molar-refractivity contribution in [2.75, 3.05) is 18.9 Å². The number of carbonyl (C=O) groups is 1. The van der Waals surface area contributed by atoms with Gasteiger partial charge in [-0.25, -0.2) is 0 Å². The fourth-order valence-electron chi connectivity index (χ4n) is 2.51. The van der Waals surface area contributed by atoms with Crippen molar-refractivity contribution >= 4 is 17.6 Å². The molecular formula is C20H26N4O. The minimum atomic E-state index is -0.0685. The van der Waals surface area contributed by atoms with Gasteiger partial charge in [-0.05, 0) is 36.1 Å². The number of rotatable bonds is 7. The summed E-state index contributed by atoms with van der Waals surface area (Å²) in [7, 11) is 1.76. The van der Waals surface area contributed by atoms with E-state index in [1.165, 1.54) is 12.5 Å². The van der Waals surface area contributed by atoms with E-state index >= 15 is 0 Å². The van der Waals surface area contributed by atoms with E-state index in [1.807, 2.05) is 30.3 Å². The molecule has 0 aliphatic heterocycles. The van der Waals surface area contributed by atoms with Crippen molar-refractivity contribution < 1.29 is 4.79 Å². The maximum Gasteiger partial charge on any atom is 0.221 e. The van der Waals surface area contributed by atoms with E-state index in [9.17, 15) is 4.79 Å². The molecule has 25 heavy (non-hydrogen) atoms. The first-order chi connectivity index (χ1) is 12.2. The smallest absolute Gasteiger partial charge is 0.221 e. The highest BCUT2D eigenvalue weighted by molar-refractivity contribution is 5.88. The summed E-state index contributed by atoms with van der Waals surface area (Å²) in [6.07, 6.45) is 2.09. The van der Waals surface area contributed by atoms with Crippen molar-refractivity contribution in [2.45, 2.75) is 26.3 Å². The van der Waals surface area contributed by atoms with Crippen LogP contribution in [0, 0.1) is 0 Å². The number of amides is 1. The molecule has 0 saturated carbocycles. The fraction of sp³-hybridized carbons (Fsp3) is 0.300. The highest BCUT2D eigenvalue weighted by atomic mass is 16.1. The Morgan fingerprint density at radius 2 is 1.76 bits per heavy atom. The van der Waals surface area contributed by atoms with E-state index in [4.69, 9.17) is 0 Å². The van der Waals surface area contributed by atoms with E-state index < -0.39 is 0 Å². The lowest BCUT2D eigenvalue weighted by molar-refractivity contribution is -0.114. The van der Waals surface area contributed by atoms with Crippen LogP contribution in [0.4, 0.5) is 5.69 Å². The zero-order chi connectivity index (χ0) is 17.9. The molecule has 1 amide bonds. The van der Waals surface area contributed by atoms with Gasteiger partial charge in [-0.2, -0.15) is 0 Å². The minimum Gasteiger partial charge on any atom is -0.356 e. The third kappa shape index (κ3) is 7.08. The van der Waals surface area contributed by atoms with Crippen molar-refractivity contribution in [3.63, 3.8) is 0 Å². The number of anilines is 1. The molecule has 2 aromatic rings. The summed E-state index contributed by atoms with van der Waals surface area (Å²) in [6, 6.07) is 18.2. The monoisotopic (exact) mass is 338 g/mol. The molecule has 3 N–H and O–H groups in total. The van der Waals surface area contributed by atoms with Crippen LogP contribution in [0.2, 0.25) is 0 Å². The molecule has 0 spiro atoms. The summed E-state index contributed by atoms with van der Waals surface area (Å²) in [5.41, 5.74) is 3.23. The molecule has 132 valence electrons. The highest BCUT2D eigenvalue weighted by Gasteiger charge is 2.01. The molecule has 0 heterocycles. The average Bonchev–Trinajstić information content (AvgIpc) is 2.62. The molecule has 2 aromatic carbocycles. The van der Waals surface area contributed by atoms with Crippen LogP contribution in [0.25, 0.3) is 0 Å². The third-order valence-corrected chi connectivity index (χ3v) is 3.71. The number of benzene rings is 2. The van der Waals surface area contributed by atoms with Gasteiger partial charge < -0.3 is 16.0 Å². The standard InChI is InChI=1S/C20H26N4O/c1-16(25)24-19-12-6-10-18(14-19)15-23-20(21-2)22-13-7-11-17-8-4-3-5-9-17/h3-6,8-10,12,14H,7,11,13,15H2,1-2H3,(H,24,25)(H2,21,22,23). The molecule has 5 heteroatoms. The van der Waals surface area contributed by atoms with Crippen molar-refractivity contribution in [3.8, 4) is 0 Å². The van der Waals surface area contributed by atoms with E-state index in [1.54, 1.807) is 7.05 Å². The number of carbonyl (C=O) groups excluding carboxylic acids is 1. The lowest BCUT2D eigenvalue weighted by Crippen LogP contribution is -2.37. The summed E-state index contributed by atoms with van der Waals surface area (Å²) in [5.74, 6) is 0.707. The summed E-state index contributed by atoms with van der Waals surface area (Å²) in [6.45, 7) is 3.01. The first kappa shape index (κ1) is 18.5. The second-order valence-electron chi connectivity index (χ2n) is 5.82. The SMILES string of the molecule is CN=C(NCCCc1ccccc1)NCc1cccc(NC(C)=O)c1. The lowest BCUT2D eigenvalue weighted by atomic mass is 10.1. The van der Waals surface area contributed by atoms with E-state index in [0.29, 0.717) is 6.54 Å². The van der Waals surface area contributed by atoms with Crippen LogP contribution in [0.15, 0.2) is 59.6 Å². The number of nitrogens with zero attached hydrogens (tertiary/aromatic N) is 1. The third-order valence-electron chi connectivity index (χ3n) is 3.71. The lowest BCUT2D eigenvalue weighted by Gasteiger charge is -2.12. The topological polar surface area (TPSA) is 65.5 Å². The van der Waals surface area contributed by atoms with Crippen molar-refractivity contribution in [1.82, 2.24) is 10.6 Å². The number of nitrogens with one attached hydrogen (secondary N) is 3. The molecule has 0 atom stereocenters. The zero-order valence-corrected chi connectivity index (χ0v) is 14.9. The van der Waals surface area contributed by atoms with Crippen LogP contribution in [0.1, 0.15) is 24.5 Å². The Bertz CT molecular complexity index is 698. The summed E-state index contributed by atoms with van der Waals surface area (Å²) >= 11 is 0. The Labute approximate surface area is 149 Å². The van der Waals surface area contributed by atoms with Gasteiger partial charge in [0.25, 0.3) is 0 Å². The maximum absolute atomic E-state index is 11.1. The number of guanidine groups is 1. The van der Waals surface area contributed by atoms with Crippen LogP contribution in [0.3, 0.4) is 0 Å². The Morgan fingerprint density at radius 1 is 1.00 bits per heavy atom. The normalized spacial score (nSPS) is 11.0. The van der Waals surface area contributed by atoms with E-state index in [2.05, 4.69) is 45.2 Å². The highest BCUT2D eigenvalue weighted by Crippen LogP contribution is 2.10. The quantitative estimate of drug-likeness (QED) is 0.413. The van der Waals surface area contributed by atoms with Crippen LogP contribution in [-0.2, 0) is 17.8 Å². The molecule has 2 rings (SSSR count). The van der Waals surface area contributed by atoms with Crippen LogP contribution in [-0.4, -0.2) is 25.5 Å². The van der Waals surface area contributed by atoms with E-state index in [0.717, 1.165) is 36.6 Å². The Balaban J connectivity index is 1.74. The van der Waals surface area contributed by atoms with Gasteiger partial charge in [0.05, 0.1) is 0 Å². The molecule has 0 bridgehead atoms. The average molecular weight is 338 g/mol. The summed E-state index contributed by atoms with van der Waals surface area (Å²) in [4.78, 5) is 15.4. The number of aryl methyl sites for hydroxylation is 1. The van der Waals surface area contributed by atoms with Gasteiger partial charge in [0.2, 0.25) is 5.91 Å². The molecule has 0 aliphatic carbocycles. The Hall–Kier alpha value is -2.82. The first-order valence-electron chi connectivity index (χ1n) is 8.52. The molecule has 0 aliphatic rings. The predicted molar refractivity (Wildman–Crippen MR) is 104 cm³/mol.